The molecule has 11 heteroatoms. The van der Waals surface area contributed by atoms with Gasteiger partial charge >= 0.3 is 21.6 Å². The summed E-state index contributed by atoms with van der Waals surface area (Å²) in [7, 11) is -5.88. The molecule has 4 atom stereocenters. The Hall–Kier alpha value is -1.69. The van der Waals surface area contributed by atoms with E-state index in [2.05, 4.69) is 4.18 Å². The van der Waals surface area contributed by atoms with E-state index in [4.69, 9.17) is 9.47 Å². The summed E-state index contributed by atoms with van der Waals surface area (Å²) >= 11 is 0. The number of esters is 1. The standard InChI is InChI=1S/C14H15F3O7S/c1-8(22-12(18)9-5-3-2-4-6-9)10-7-11(13(19)23-10)24-25(20,21)14(15,16)17/h2-6,8,10-11,13,19H,7H2,1H3/t8?,10-,11-,13?/m0/s1. The Morgan fingerprint density at radius 3 is 2.48 bits per heavy atom. The maximum atomic E-state index is 12.3. The van der Waals surface area contributed by atoms with Gasteiger partial charge < -0.3 is 14.6 Å². The topological polar surface area (TPSA) is 99.1 Å². The summed E-state index contributed by atoms with van der Waals surface area (Å²) in [6.07, 6.45) is -6.05. The smallest absolute Gasteiger partial charge is 0.456 e. The van der Waals surface area contributed by atoms with Crippen LogP contribution in [0.5, 0.6) is 0 Å². The summed E-state index contributed by atoms with van der Waals surface area (Å²) in [5.41, 5.74) is -5.36. The highest BCUT2D eigenvalue weighted by molar-refractivity contribution is 7.87. The number of hydrogen-bond donors (Lipinski definition) is 1. The fourth-order valence-electron chi connectivity index (χ4n) is 2.16. The van der Waals surface area contributed by atoms with Crippen molar-refractivity contribution in [3.05, 3.63) is 35.9 Å². The van der Waals surface area contributed by atoms with E-state index in [-0.39, 0.29) is 5.56 Å². The number of hydrogen-bond acceptors (Lipinski definition) is 7. The molecule has 1 saturated heterocycles. The van der Waals surface area contributed by atoms with E-state index >= 15 is 0 Å². The first kappa shape index (κ1) is 19.6. The van der Waals surface area contributed by atoms with Crippen LogP contribution in [0.25, 0.3) is 0 Å². The molecule has 0 bridgehead atoms. The second-order valence-electron chi connectivity index (χ2n) is 5.31. The van der Waals surface area contributed by atoms with Crippen LogP contribution in [0.1, 0.15) is 23.7 Å². The van der Waals surface area contributed by atoms with Gasteiger partial charge in [-0.1, -0.05) is 18.2 Å². The van der Waals surface area contributed by atoms with Crippen LogP contribution in [0.3, 0.4) is 0 Å². The van der Waals surface area contributed by atoms with E-state index in [0.717, 1.165) is 0 Å². The van der Waals surface area contributed by atoms with Crippen molar-refractivity contribution >= 4 is 16.1 Å². The lowest BCUT2D eigenvalue weighted by Crippen LogP contribution is -2.33. The van der Waals surface area contributed by atoms with E-state index in [1.807, 2.05) is 0 Å². The quantitative estimate of drug-likeness (QED) is 0.467. The molecule has 1 N–H and O–H groups in total. The van der Waals surface area contributed by atoms with Crippen molar-refractivity contribution < 1.29 is 45.1 Å². The lowest BCUT2D eigenvalue weighted by Gasteiger charge is -2.19. The summed E-state index contributed by atoms with van der Waals surface area (Å²) in [5, 5.41) is 9.57. The lowest BCUT2D eigenvalue weighted by molar-refractivity contribution is -0.142. The summed E-state index contributed by atoms with van der Waals surface area (Å²) in [6.45, 7) is 1.40. The third-order valence-corrected chi connectivity index (χ3v) is 4.52. The first-order valence-electron chi connectivity index (χ1n) is 7.10. The Morgan fingerprint density at radius 1 is 1.32 bits per heavy atom. The molecule has 2 rings (SSSR count). The van der Waals surface area contributed by atoms with Crippen LogP contribution in [0, 0.1) is 0 Å². The van der Waals surface area contributed by atoms with Gasteiger partial charge in [-0.15, -0.1) is 0 Å². The minimum atomic E-state index is -5.88. The number of benzene rings is 1. The van der Waals surface area contributed by atoms with Gasteiger partial charge in [0, 0.05) is 6.42 Å². The zero-order chi connectivity index (χ0) is 18.8. The zero-order valence-corrected chi connectivity index (χ0v) is 13.7. The first-order valence-corrected chi connectivity index (χ1v) is 8.51. The highest BCUT2D eigenvalue weighted by Crippen LogP contribution is 2.32. The molecule has 1 fully saturated rings. The predicted octanol–water partition coefficient (Wildman–Crippen LogP) is 1.57. The number of rotatable bonds is 5. The molecule has 0 radical (unpaired) electrons. The zero-order valence-electron chi connectivity index (χ0n) is 12.8. The van der Waals surface area contributed by atoms with E-state index in [1.165, 1.54) is 19.1 Å². The number of aliphatic hydroxyl groups is 1. The highest BCUT2D eigenvalue weighted by atomic mass is 32.2. The molecule has 1 heterocycles. The van der Waals surface area contributed by atoms with Gasteiger partial charge in [0.05, 0.1) is 5.56 Å². The predicted molar refractivity (Wildman–Crippen MR) is 76.7 cm³/mol. The van der Waals surface area contributed by atoms with Gasteiger partial charge in [-0.25, -0.2) is 4.79 Å². The van der Waals surface area contributed by atoms with Crippen molar-refractivity contribution in [2.45, 2.75) is 43.5 Å². The van der Waals surface area contributed by atoms with E-state index < -0.39 is 52.6 Å². The molecule has 140 valence electrons. The van der Waals surface area contributed by atoms with Crippen molar-refractivity contribution in [1.29, 1.82) is 0 Å². The molecule has 0 spiro atoms. The summed E-state index contributed by atoms with van der Waals surface area (Å²) in [5.74, 6) is -0.696. The number of carbonyl (C=O) groups is 1. The van der Waals surface area contributed by atoms with Gasteiger partial charge in [0.25, 0.3) is 0 Å². The van der Waals surface area contributed by atoms with E-state index in [0.29, 0.717) is 0 Å². The average Bonchev–Trinajstić information content (AvgIpc) is 2.87. The van der Waals surface area contributed by atoms with Crippen LogP contribution >= 0.6 is 0 Å². The van der Waals surface area contributed by atoms with Crippen molar-refractivity contribution in [3.63, 3.8) is 0 Å². The Kier molecular flexibility index (Phi) is 5.72. The van der Waals surface area contributed by atoms with Crippen molar-refractivity contribution in [2.24, 2.45) is 0 Å². The van der Waals surface area contributed by atoms with Crippen molar-refractivity contribution in [3.8, 4) is 0 Å². The van der Waals surface area contributed by atoms with Gasteiger partial charge in [-0.05, 0) is 19.1 Å². The molecular weight excluding hydrogens is 369 g/mol. The second kappa shape index (κ2) is 7.28. The number of ether oxygens (including phenoxy) is 2. The molecule has 1 aromatic rings. The molecule has 0 aromatic heterocycles. The largest absolute Gasteiger partial charge is 0.523 e. The van der Waals surface area contributed by atoms with Crippen LogP contribution < -0.4 is 0 Å². The van der Waals surface area contributed by atoms with Gasteiger partial charge in [-0.2, -0.15) is 21.6 Å². The van der Waals surface area contributed by atoms with Crippen LogP contribution in [0.15, 0.2) is 30.3 Å². The number of carbonyl (C=O) groups excluding carboxylic acids is 1. The molecule has 0 amide bonds. The molecular formula is C14H15F3O7S. The molecule has 2 unspecified atom stereocenters. The number of alkyl halides is 3. The van der Waals surface area contributed by atoms with Crippen LogP contribution in [0.4, 0.5) is 13.2 Å². The molecule has 25 heavy (non-hydrogen) atoms. The maximum Gasteiger partial charge on any atom is 0.523 e. The van der Waals surface area contributed by atoms with Crippen LogP contribution in [-0.2, 0) is 23.8 Å². The molecule has 1 aliphatic heterocycles. The van der Waals surface area contributed by atoms with Crippen molar-refractivity contribution in [1.82, 2.24) is 0 Å². The maximum absolute atomic E-state index is 12.3. The van der Waals surface area contributed by atoms with Crippen LogP contribution in [0.2, 0.25) is 0 Å². The average molecular weight is 384 g/mol. The summed E-state index contributed by atoms with van der Waals surface area (Å²) in [6, 6.07) is 7.92. The van der Waals surface area contributed by atoms with Gasteiger partial charge in [-0.3, -0.25) is 4.18 Å². The summed E-state index contributed by atoms with van der Waals surface area (Å²) in [4.78, 5) is 11.9. The Balaban J connectivity index is 1.97. The molecule has 1 aromatic carbocycles. The molecule has 7 nitrogen and oxygen atoms in total. The van der Waals surface area contributed by atoms with Gasteiger partial charge in [0.1, 0.15) is 18.3 Å². The molecule has 1 aliphatic rings. The molecule has 0 saturated carbocycles. The number of aliphatic hydroxyl groups excluding tert-OH is 1. The minimum absolute atomic E-state index is 0.250. The second-order valence-corrected chi connectivity index (χ2v) is 6.88. The SMILES string of the molecule is CC(OC(=O)c1ccccc1)[C@@H]1C[C@H](OS(=O)(=O)C(F)(F)F)C(O)O1. The fraction of sp³-hybridized carbons (Fsp3) is 0.500. The van der Waals surface area contributed by atoms with Gasteiger partial charge in [0.15, 0.2) is 6.29 Å². The third-order valence-electron chi connectivity index (χ3n) is 3.46. The highest BCUT2D eigenvalue weighted by Gasteiger charge is 2.51. The third kappa shape index (κ3) is 4.69. The Labute approximate surface area is 141 Å². The minimum Gasteiger partial charge on any atom is -0.456 e. The van der Waals surface area contributed by atoms with Crippen LogP contribution in [-0.4, -0.2) is 49.6 Å². The normalized spacial score (nSPS) is 25.6. The monoisotopic (exact) mass is 384 g/mol. The molecule has 0 aliphatic carbocycles. The Bertz CT molecular complexity index is 705. The van der Waals surface area contributed by atoms with Crippen molar-refractivity contribution in [2.75, 3.05) is 0 Å². The Morgan fingerprint density at radius 2 is 1.92 bits per heavy atom. The first-order chi connectivity index (χ1) is 11.5. The lowest BCUT2D eigenvalue weighted by atomic mass is 10.1. The van der Waals surface area contributed by atoms with E-state index in [1.54, 1.807) is 18.2 Å². The van der Waals surface area contributed by atoms with Gasteiger partial charge in [0.2, 0.25) is 0 Å². The fourth-order valence-corrected chi connectivity index (χ4v) is 2.77. The number of halogens is 3. The van der Waals surface area contributed by atoms with E-state index in [9.17, 15) is 31.5 Å². The summed E-state index contributed by atoms with van der Waals surface area (Å²) < 4.78 is 73.0.